The van der Waals surface area contributed by atoms with E-state index >= 15 is 0 Å². The first kappa shape index (κ1) is 20.2. The number of hydrogen-bond acceptors (Lipinski definition) is 5. The van der Waals surface area contributed by atoms with E-state index in [9.17, 15) is 28.1 Å². The highest BCUT2D eigenvalue weighted by molar-refractivity contribution is 6.05. The van der Waals surface area contributed by atoms with Crippen molar-refractivity contribution in [2.45, 2.75) is 6.18 Å². The largest absolute Gasteiger partial charge is 0.489 e. The van der Waals surface area contributed by atoms with E-state index in [1.807, 2.05) is 0 Å². The van der Waals surface area contributed by atoms with Crippen LogP contribution in [0.2, 0.25) is 0 Å². The van der Waals surface area contributed by atoms with Gasteiger partial charge in [-0.2, -0.15) is 13.2 Å². The molecule has 0 fully saturated rings. The number of non-ortho nitro benzene ring substituents is 1. The molecule has 0 aromatic heterocycles. The first-order valence-corrected chi connectivity index (χ1v) is 7.61. The summed E-state index contributed by atoms with van der Waals surface area (Å²) >= 11 is 0. The number of amides is 1. The molecule has 0 aliphatic rings. The Labute approximate surface area is 151 Å². The Morgan fingerprint density at radius 2 is 1.81 bits per heavy atom. The molecule has 0 saturated heterocycles. The van der Waals surface area contributed by atoms with Crippen LogP contribution in [0.1, 0.15) is 15.9 Å². The minimum Gasteiger partial charge on any atom is -0.489 e. The fraction of sp³-hybridized carbons (Fsp3) is 0.235. The number of alkyl halides is 3. The van der Waals surface area contributed by atoms with E-state index in [4.69, 9.17) is 9.47 Å². The van der Waals surface area contributed by atoms with Crippen LogP contribution in [0.25, 0.3) is 0 Å². The molecule has 10 heteroatoms. The summed E-state index contributed by atoms with van der Waals surface area (Å²) in [5.41, 5.74) is -1.31. The lowest BCUT2D eigenvalue weighted by atomic mass is 10.1. The van der Waals surface area contributed by atoms with Gasteiger partial charge in [-0.3, -0.25) is 14.9 Å². The van der Waals surface area contributed by atoms with Crippen molar-refractivity contribution in [1.82, 2.24) is 0 Å². The van der Waals surface area contributed by atoms with Gasteiger partial charge in [0.15, 0.2) is 0 Å². The molecule has 2 aromatic rings. The second-order valence-electron chi connectivity index (χ2n) is 5.31. The second-order valence-corrected chi connectivity index (χ2v) is 5.31. The number of methoxy groups -OCH3 is 1. The molecule has 2 rings (SSSR count). The summed E-state index contributed by atoms with van der Waals surface area (Å²) in [6, 6.07) is 7.34. The maximum atomic E-state index is 12.9. The number of benzene rings is 2. The van der Waals surface area contributed by atoms with Crippen LogP contribution in [-0.4, -0.2) is 31.2 Å². The molecule has 1 N–H and O–H groups in total. The molecule has 0 atom stereocenters. The van der Waals surface area contributed by atoms with Crippen molar-refractivity contribution in [2.24, 2.45) is 0 Å². The van der Waals surface area contributed by atoms with E-state index in [0.717, 1.165) is 30.3 Å². The van der Waals surface area contributed by atoms with E-state index in [-0.39, 0.29) is 35.9 Å². The van der Waals surface area contributed by atoms with Crippen LogP contribution in [0.15, 0.2) is 42.5 Å². The van der Waals surface area contributed by atoms with Crippen LogP contribution in [-0.2, 0) is 10.9 Å². The van der Waals surface area contributed by atoms with Gasteiger partial charge in [-0.1, -0.05) is 0 Å². The van der Waals surface area contributed by atoms with Crippen molar-refractivity contribution in [3.8, 4) is 5.75 Å². The predicted octanol–water partition coefficient (Wildman–Crippen LogP) is 3.89. The third-order valence-corrected chi connectivity index (χ3v) is 3.44. The molecule has 0 bridgehead atoms. The Morgan fingerprint density at radius 3 is 2.37 bits per heavy atom. The Bertz CT molecular complexity index is 822. The normalized spacial score (nSPS) is 11.1. The number of nitrogens with one attached hydrogen (secondary N) is 1. The average molecular weight is 384 g/mol. The summed E-state index contributed by atoms with van der Waals surface area (Å²) in [5, 5.41) is 13.0. The van der Waals surface area contributed by atoms with Crippen molar-refractivity contribution in [3.63, 3.8) is 0 Å². The van der Waals surface area contributed by atoms with Crippen LogP contribution in [0.5, 0.6) is 5.75 Å². The van der Waals surface area contributed by atoms with Crippen molar-refractivity contribution in [2.75, 3.05) is 25.6 Å². The van der Waals surface area contributed by atoms with E-state index in [1.54, 1.807) is 0 Å². The lowest BCUT2D eigenvalue weighted by molar-refractivity contribution is -0.384. The zero-order valence-electron chi connectivity index (χ0n) is 14.1. The minimum atomic E-state index is -4.60. The molecule has 1 amide bonds. The van der Waals surface area contributed by atoms with E-state index in [1.165, 1.54) is 19.2 Å². The van der Waals surface area contributed by atoms with Gasteiger partial charge in [0.25, 0.3) is 11.6 Å². The second kappa shape index (κ2) is 8.49. The van der Waals surface area contributed by atoms with Gasteiger partial charge in [0.2, 0.25) is 0 Å². The Morgan fingerprint density at radius 1 is 1.15 bits per heavy atom. The van der Waals surface area contributed by atoms with Crippen LogP contribution in [0, 0.1) is 10.1 Å². The first-order valence-electron chi connectivity index (χ1n) is 7.61. The molecule has 144 valence electrons. The standard InChI is InChI=1S/C17H15F3N2O5/c1-26-8-9-27-15-7-4-12(17(18,19)20)10-14(15)21-16(23)11-2-5-13(6-3-11)22(24)25/h2-7,10H,8-9H2,1H3,(H,21,23). The summed E-state index contributed by atoms with van der Waals surface area (Å²) in [6.07, 6.45) is -4.60. The zero-order valence-corrected chi connectivity index (χ0v) is 14.1. The average Bonchev–Trinajstić information content (AvgIpc) is 2.62. The Hall–Kier alpha value is -3.14. The van der Waals surface area contributed by atoms with Crippen LogP contribution in [0.4, 0.5) is 24.5 Å². The van der Waals surface area contributed by atoms with Gasteiger partial charge in [0, 0.05) is 24.8 Å². The van der Waals surface area contributed by atoms with Crippen LogP contribution in [0.3, 0.4) is 0 Å². The minimum absolute atomic E-state index is 0.0373. The number of nitro benzene ring substituents is 1. The summed E-state index contributed by atoms with van der Waals surface area (Å²) in [7, 11) is 1.44. The molecule has 2 aromatic carbocycles. The van der Waals surface area contributed by atoms with Gasteiger partial charge in [-0.25, -0.2) is 0 Å². The highest BCUT2D eigenvalue weighted by Crippen LogP contribution is 2.35. The van der Waals surface area contributed by atoms with Gasteiger partial charge >= 0.3 is 6.18 Å². The highest BCUT2D eigenvalue weighted by Gasteiger charge is 2.31. The number of nitrogens with zero attached hydrogens (tertiary/aromatic N) is 1. The lowest BCUT2D eigenvalue weighted by Crippen LogP contribution is -2.15. The summed E-state index contributed by atoms with van der Waals surface area (Å²) in [6.45, 7) is 0.277. The van der Waals surface area contributed by atoms with Crippen LogP contribution >= 0.6 is 0 Å². The van der Waals surface area contributed by atoms with Crippen molar-refractivity contribution < 1.29 is 32.4 Å². The fourth-order valence-corrected chi connectivity index (χ4v) is 2.09. The molecule has 0 aliphatic carbocycles. The van der Waals surface area contributed by atoms with Crippen LogP contribution < -0.4 is 10.1 Å². The van der Waals surface area contributed by atoms with Gasteiger partial charge in [-0.05, 0) is 30.3 Å². The molecule has 0 radical (unpaired) electrons. The number of carbonyl (C=O) groups excluding carboxylic acids is 1. The Kier molecular flexibility index (Phi) is 6.35. The number of rotatable bonds is 7. The smallest absolute Gasteiger partial charge is 0.416 e. The third-order valence-electron chi connectivity index (χ3n) is 3.44. The molecule has 0 saturated carbocycles. The third kappa shape index (κ3) is 5.42. The Balaban J connectivity index is 2.27. The lowest BCUT2D eigenvalue weighted by Gasteiger charge is -2.15. The van der Waals surface area contributed by atoms with Crippen molar-refractivity contribution in [3.05, 3.63) is 63.7 Å². The van der Waals surface area contributed by atoms with E-state index < -0.39 is 22.6 Å². The summed E-state index contributed by atoms with van der Waals surface area (Å²) in [4.78, 5) is 22.3. The summed E-state index contributed by atoms with van der Waals surface area (Å²) < 4.78 is 49.0. The molecule has 27 heavy (non-hydrogen) atoms. The van der Waals surface area contributed by atoms with Gasteiger partial charge in [-0.15, -0.1) is 0 Å². The fourth-order valence-electron chi connectivity index (χ4n) is 2.09. The first-order chi connectivity index (χ1) is 12.7. The van der Waals surface area contributed by atoms with Crippen molar-refractivity contribution in [1.29, 1.82) is 0 Å². The van der Waals surface area contributed by atoms with Gasteiger partial charge < -0.3 is 14.8 Å². The van der Waals surface area contributed by atoms with E-state index in [0.29, 0.717) is 0 Å². The molecule has 0 heterocycles. The molecular weight excluding hydrogens is 369 g/mol. The molecule has 0 aliphatic heterocycles. The van der Waals surface area contributed by atoms with Gasteiger partial charge in [0.05, 0.1) is 22.8 Å². The number of halogens is 3. The number of nitro groups is 1. The van der Waals surface area contributed by atoms with Crippen molar-refractivity contribution >= 4 is 17.3 Å². The molecular formula is C17H15F3N2O5. The molecule has 7 nitrogen and oxygen atoms in total. The number of hydrogen-bond donors (Lipinski definition) is 1. The molecule has 0 spiro atoms. The number of anilines is 1. The maximum Gasteiger partial charge on any atom is 0.416 e. The van der Waals surface area contributed by atoms with E-state index in [2.05, 4.69) is 5.32 Å². The topological polar surface area (TPSA) is 90.7 Å². The monoisotopic (exact) mass is 384 g/mol. The van der Waals surface area contributed by atoms with Gasteiger partial charge in [0.1, 0.15) is 12.4 Å². The highest BCUT2D eigenvalue weighted by atomic mass is 19.4. The predicted molar refractivity (Wildman–Crippen MR) is 89.9 cm³/mol. The zero-order chi connectivity index (χ0) is 20.0. The number of ether oxygens (including phenoxy) is 2. The molecule has 0 unspecified atom stereocenters. The quantitative estimate of drug-likeness (QED) is 0.444. The summed E-state index contributed by atoms with van der Waals surface area (Å²) in [5.74, 6) is -0.698. The SMILES string of the molecule is COCCOc1ccc(C(F)(F)F)cc1NC(=O)c1ccc([N+](=O)[O-])cc1. The number of carbonyl (C=O) groups is 1. The maximum absolute atomic E-state index is 12.9.